The number of nitrogens with two attached hydrogens (primary N) is 1. The molecule has 108 valence electrons. The third-order valence-corrected chi connectivity index (χ3v) is 6.59. The fourth-order valence-corrected chi connectivity index (χ4v) is 5.18. The van der Waals surface area contributed by atoms with Crippen LogP contribution in [0.15, 0.2) is 4.52 Å². The quantitative estimate of drug-likeness (QED) is 0.866. The van der Waals surface area contributed by atoms with Gasteiger partial charge in [0.25, 0.3) is 0 Å². The van der Waals surface area contributed by atoms with E-state index in [1.807, 2.05) is 23.5 Å². The van der Waals surface area contributed by atoms with E-state index in [2.05, 4.69) is 24.0 Å². The van der Waals surface area contributed by atoms with Crippen LogP contribution in [0.2, 0.25) is 0 Å². The number of thioether (sulfide) groups is 2. The van der Waals surface area contributed by atoms with Crippen LogP contribution in [0.4, 0.5) is 0 Å². The molecule has 1 aromatic heterocycles. The highest BCUT2D eigenvalue weighted by Crippen LogP contribution is 2.43. The predicted molar refractivity (Wildman–Crippen MR) is 82.5 cm³/mol. The first-order valence-electron chi connectivity index (χ1n) is 7.08. The van der Waals surface area contributed by atoms with Crippen molar-refractivity contribution in [3.8, 4) is 0 Å². The molecule has 0 aromatic carbocycles. The zero-order valence-electron chi connectivity index (χ0n) is 11.7. The second kappa shape index (κ2) is 7.55. The molecule has 1 saturated heterocycles. The minimum Gasteiger partial charge on any atom is -0.338 e. The Kier molecular flexibility index (Phi) is 6.04. The monoisotopic (exact) mass is 301 g/mol. The average Bonchev–Trinajstić information content (AvgIpc) is 2.94. The van der Waals surface area contributed by atoms with E-state index in [0.29, 0.717) is 16.4 Å². The Morgan fingerprint density at radius 3 is 2.89 bits per heavy atom. The standard InChI is InChI=1S/C13H23N3OS2/c1-3-5-6-9(14)13-15-12(16-17-13)11-10(4-2)18-7-8-19-11/h9-11H,3-8,14H2,1-2H3/t9-,10?,11?/m0/s1. The molecule has 0 amide bonds. The summed E-state index contributed by atoms with van der Waals surface area (Å²) in [6, 6.07) is -0.109. The normalized spacial score (nSPS) is 25.4. The molecule has 0 radical (unpaired) electrons. The van der Waals surface area contributed by atoms with Crippen molar-refractivity contribution in [2.45, 2.75) is 56.1 Å². The molecule has 0 spiro atoms. The summed E-state index contributed by atoms with van der Waals surface area (Å²) < 4.78 is 5.36. The molecule has 3 atom stereocenters. The van der Waals surface area contributed by atoms with Crippen LogP contribution in [-0.2, 0) is 0 Å². The van der Waals surface area contributed by atoms with E-state index in [1.165, 1.54) is 5.75 Å². The number of unbranched alkanes of at least 4 members (excludes halogenated alkanes) is 1. The molecule has 4 nitrogen and oxygen atoms in total. The van der Waals surface area contributed by atoms with Gasteiger partial charge in [-0.1, -0.05) is 31.8 Å². The SMILES string of the molecule is CCCC[C@H](N)c1nc(C2SCCSC2CC)no1. The molecular formula is C13H23N3OS2. The van der Waals surface area contributed by atoms with Gasteiger partial charge in [-0.05, 0) is 12.8 Å². The Balaban J connectivity index is 2.02. The third kappa shape index (κ3) is 3.89. The molecular weight excluding hydrogens is 278 g/mol. The molecule has 1 aliphatic rings. The Bertz CT molecular complexity index is 386. The van der Waals surface area contributed by atoms with E-state index in [4.69, 9.17) is 10.3 Å². The van der Waals surface area contributed by atoms with Gasteiger partial charge in [-0.2, -0.15) is 16.7 Å². The molecule has 2 N–H and O–H groups in total. The second-order valence-corrected chi connectivity index (χ2v) is 7.44. The second-order valence-electron chi connectivity index (χ2n) is 4.85. The zero-order valence-corrected chi connectivity index (χ0v) is 13.3. The highest BCUT2D eigenvalue weighted by atomic mass is 32.2. The van der Waals surface area contributed by atoms with Gasteiger partial charge in [0, 0.05) is 16.8 Å². The topological polar surface area (TPSA) is 64.9 Å². The van der Waals surface area contributed by atoms with Gasteiger partial charge in [0.2, 0.25) is 5.89 Å². The van der Waals surface area contributed by atoms with Gasteiger partial charge >= 0.3 is 0 Å². The maximum Gasteiger partial charge on any atom is 0.243 e. The van der Waals surface area contributed by atoms with Crippen LogP contribution in [0.25, 0.3) is 0 Å². The fourth-order valence-electron chi connectivity index (χ4n) is 2.20. The number of hydrogen-bond acceptors (Lipinski definition) is 6. The van der Waals surface area contributed by atoms with E-state index in [9.17, 15) is 0 Å². The molecule has 1 fully saturated rings. The lowest BCUT2D eigenvalue weighted by atomic mass is 10.1. The van der Waals surface area contributed by atoms with E-state index < -0.39 is 0 Å². The first-order valence-corrected chi connectivity index (χ1v) is 9.18. The van der Waals surface area contributed by atoms with Crippen LogP contribution < -0.4 is 5.73 Å². The van der Waals surface area contributed by atoms with E-state index in [1.54, 1.807) is 0 Å². The van der Waals surface area contributed by atoms with Gasteiger partial charge in [-0.3, -0.25) is 0 Å². The Hall–Kier alpha value is -0.200. The van der Waals surface area contributed by atoms with Crippen LogP contribution in [-0.4, -0.2) is 26.9 Å². The summed E-state index contributed by atoms with van der Waals surface area (Å²) in [5.41, 5.74) is 6.08. The summed E-state index contributed by atoms with van der Waals surface area (Å²) in [5.74, 6) is 3.83. The largest absolute Gasteiger partial charge is 0.338 e. The van der Waals surface area contributed by atoms with Crippen molar-refractivity contribution in [3.05, 3.63) is 11.7 Å². The van der Waals surface area contributed by atoms with Gasteiger partial charge in [-0.25, -0.2) is 0 Å². The molecule has 0 bridgehead atoms. The third-order valence-electron chi connectivity index (χ3n) is 3.35. The van der Waals surface area contributed by atoms with Crippen molar-refractivity contribution in [3.63, 3.8) is 0 Å². The molecule has 1 aliphatic heterocycles. The Labute approximate surface area is 123 Å². The van der Waals surface area contributed by atoms with Gasteiger partial charge < -0.3 is 10.3 Å². The number of hydrogen-bond donors (Lipinski definition) is 1. The van der Waals surface area contributed by atoms with Gasteiger partial charge in [-0.15, -0.1) is 11.8 Å². The van der Waals surface area contributed by atoms with E-state index in [-0.39, 0.29) is 6.04 Å². The number of aromatic nitrogens is 2. The first-order chi connectivity index (χ1) is 9.26. The van der Waals surface area contributed by atoms with Crippen LogP contribution in [0.5, 0.6) is 0 Å². The first kappa shape index (κ1) is 15.2. The molecule has 0 saturated carbocycles. The van der Waals surface area contributed by atoms with Crippen LogP contribution in [0.1, 0.15) is 62.5 Å². The summed E-state index contributed by atoms with van der Waals surface area (Å²) in [6.45, 7) is 4.39. The van der Waals surface area contributed by atoms with Gasteiger partial charge in [0.05, 0.1) is 11.3 Å². The van der Waals surface area contributed by atoms with Gasteiger partial charge in [0.15, 0.2) is 5.82 Å². The number of rotatable bonds is 6. The summed E-state index contributed by atoms with van der Waals surface area (Å²) in [4.78, 5) is 4.55. The molecule has 2 rings (SSSR count). The average molecular weight is 301 g/mol. The van der Waals surface area contributed by atoms with E-state index in [0.717, 1.165) is 37.3 Å². The van der Waals surface area contributed by atoms with Crippen molar-refractivity contribution in [2.24, 2.45) is 5.73 Å². The van der Waals surface area contributed by atoms with Crippen LogP contribution in [0, 0.1) is 0 Å². The lowest BCUT2D eigenvalue weighted by Crippen LogP contribution is -2.19. The van der Waals surface area contributed by atoms with Crippen molar-refractivity contribution in [1.82, 2.24) is 10.1 Å². The molecule has 2 heterocycles. The highest BCUT2D eigenvalue weighted by molar-refractivity contribution is 8.06. The zero-order chi connectivity index (χ0) is 13.7. The molecule has 1 aromatic rings. The minimum atomic E-state index is -0.109. The Morgan fingerprint density at radius 1 is 1.37 bits per heavy atom. The molecule has 6 heteroatoms. The highest BCUT2D eigenvalue weighted by Gasteiger charge is 2.30. The summed E-state index contributed by atoms with van der Waals surface area (Å²) in [7, 11) is 0. The summed E-state index contributed by atoms with van der Waals surface area (Å²) in [6.07, 6.45) is 4.31. The van der Waals surface area contributed by atoms with Crippen LogP contribution in [0.3, 0.4) is 0 Å². The molecule has 2 unspecified atom stereocenters. The lowest BCUT2D eigenvalue weighted by molar-refractivity contribution is 0.342. The maximum atomic E-state index is 6.08. The van der Waals surface area contributed by atoms with E-state index >= 15 is 0 Å². The van der Waals surface area contributed by atoms with Crippen molar-refractivity contribution >= 4 is 23.5 Å². The van der Waals surface area contributed by atoms with Crippen LogP contribution >= 0.6 is 23.5 Å². The van der Waals surface area contributed by atoms with Crippen molar-refractivity contribution in [1.29, 1.82) is 0 Å². The summed E-state index contributed by atoms with van der Waals surface area (Å²) in [5, 5.41) is 5.12. The maximum absolute atomic E-state index is 6.08. The smallest absolute Gasteiger partial charge is 0.243 e. The lowest BCUT2D eigenvalue weighted by Gasteiger charge is -2.27. The molecule has 19 heavy (non-hydrogen) atoms. The minimum absolute atomic E-state index is 0.109. The Morgan fingerprint density at radius 2 is 2.16 bits per heavy atom. The predicted octanol–water partition coefficient (Wildman–Crippen LogP) is 3.56. The summed E-state index contributed by atoms with van der Waals surface area (Å²) >= 11 is 3.97. The van der Waals surface area contributed by atoms with Crippen molar-refractivity contribution in [2.75, 3.05) is 11.5 Å². The number of nitrogens with zero attached hydrogens (tertiary/aromatic N) is 2. The van der Waals surface area contributed by atoms with Crippen molar-refractivity contribution < 1.29 is 4.52 Å². The fraction of sp³-hybridized carbons (Fsp3) is 0.846. The molecule has 0 aliphatic carbocycles. The van der Waals surface area contributed by atoms with Gasteiger partial charge in [0.1, 0.15) is 0 Å².